The predicted molar refractivity (Wildman–Crippen MR) is 69.4 cm³/mol. The Kier molecular flexibility index (Phi) is 5.32. The summed E-state index contributed by atoms with van der Waals surface area (Å²) >= 11 is 0. The Labute approximate surface area is 111 Å². The monoisotopic (exact) mass is 266 g/mol. The van der Waals surface area contributed by atoms with Crippen LogP contribution in [0.1, 0.15) is 18.4 Å². The molecule has 0 spiro atoms. The van der Waals surface area contributed by atoms with Gasteiger partial charge in [0.05, 0.1) is 6.04 Å². The molecule has 1 atom stereocenters. The van der Waals surface area contributed by atoms with Crippen molar-refractivity contribution in [3.05, 3.63) is 29.8 Å². The number of carboxylic acids is 1. The molecule has 0 bridgehead atoms. The molecule has 1 aromatic carbocycles. The normalized spacial score (nSPS) is 11.9. The summed E-state index contributed by atoms with van der Waals surface area (Å²) in [5.41, 5.74) is 6.26. The van der Waals surface area contributed by atoms with Gasteiger partial charge in [-0.25, -0.2) is 0 Å². The highest BCUT2D eigenvalue weighted by Gasteiger charge is 2.19. The summed E-state index contributed by atoms with van der Waals surface area (Å²) in [5, 5.41) is 18.1. The molecule has 1 unspecified atom stereocenters. The third-order valence-electron chi connectivity index (χ3n) is 2.76. The molecule has 0 aromatic heterocycles. The van der Waals surface area contributed by atoms with E-state index < -0.39 is 12.0 Å². The van der Waals surface area contributed by atoms with E-state index in [9.17, 15) is 14.7 Å². The van der Waals surface area contributed by atoms with Crippen LogP contribution in [0.4, 0.5) is 0 Å². The molecule has 6 nitrogen and oxygen atoms in total. The molecule has 0 saturated carbocycles. The molecule has 4 N–H and O–H groups in total. The molecular formula is C13H18N2O4. The lowest BCUT2D eigenvalue weighted by Gasteiger charge is -2.21. The number of phenolic OH excluding ortho intramolecular Hbond substituents is 1. The zero-order valence-electron chi connectivity index (χ0n) is 10.7. The number of carboxylic acid groups (broad SMARTS) is 1. The maximum atomic E-state index is 11.9. The molecule has 6 heteroatoms. The van der Waals surface area contributed by atoms with E-state index in [1.54, 1.807) is 25.2 Å². The lowest BCUT2D eigenvalue weighted by atomic mass is 10.1. The number of carbonyl (C=O) groups is 2. The first-order chi connectivity index (χ1) is 8.91. The number of hydrogen-bond donors (Lipinski definition) is 3. The second kappa shape index (κ2) is 6.75. The number of phenols is 1. The maximum absolute atomic E-state index is 11.9. The Hall–Kier alpha value is -2.08. The highest BCUT2D eigenvalue weighted by Crippen LogP contribution is 2.17. The fraction of sp³-hybridized carbons (Fsp3) is 0.385. The van der Waals surface area contributed by atoms with Crippen molar-refractivity contribution in [1.29, 1.82) is 0 Å². The number of nitrogens with two attached hydrogens (primary N) is 1. The number of aliphatic carboxylic acids is 1. The average molecular weight is 266 g/mol. The summed E-state index contributed by atoms with van der Waals surface area (Å²) in [6.45, 7) is 0.228. The summed E-state index contributed by atoms with van der Waals surface area (Å²) in [5.74, 6) is -1.21. The molecule has 1 aromatic rings. The number of para-hydroxylation sites is 1. The van der Waals surface area contributed by atoms with Crippen LogP contribution in [-0.4, -0.2) is 40.1 Å². The summed E-state index contributed by atoms with van der Waals surface area (Å²) in [6, 6.07) is 5.86. The molecular weight excluding hydrogens is 248 g/mol. The molecule has 0 radical (unpaired) electrons. The van der Waals surface area contributed by atoms with Gasteiger partial charge in [-0.05, 0) is 12.5 Å². The number of aromatic hydroxyl groups is 1. The van der Waals surface area contributed by atoms with E-state index >= 15 is 0 Å². The van der Waals surface area contributed by atoms with Gasteiger partial charge < -0.3 is 20.8 Å². The number of nitrogens with zero attached hydrogens (tertiary/aromatic N) is 1. The molecule has 1 rings (SSSR count). The first kappa shape index (κ1) is 15.0. The van der Waals surface area contributed by atoms with Crippen molar-refractivity contribution in [3.8, 4) is 5.75 Å². The van der Waals surface area contributed by atoms with E-state index in [0.29, 0.717) is 5.56 Å². The summed E-state index contributed by atoms with van der Waals surface area (Å²) < 4.78 is 0. The van der Waals surface area contributed by atoms with Gasteiger partial charge in [0.2, 0.25) is 5.91 Å². The fourth-order valence-electron chi connectivity index (χ4n) is 1.66. The number of benzene rings is 1. The van der Waals surface area contributed by atoms with E-state index in [0.717, 1.165) is 0 Å². The minimum atomic E-state index is -0.980. The largest absolute Gasteiger partial charge is 0.508 e. The van der Waals surface area contributed by atoms with Gasteiger partial charge in [-0.15, -0.1) is 0 Å². The topological polar surface area (TPSA) is 104 Å². The highest BCUT2D eigenvalue weighted by atomic mass is 16.4. The Balaban J connectivity index is 2.57. The molecule has 104 valence electrons. The predicted octanol–water partition coefficient (Wildman–Crippen LogP) is 0.543. The van der Waals surface area contributed by atoms with Crippen LogP contribution >= 0.6 is 0 Å². The van der Waals surface area contributed by atoms with Crippen molar-refractivity contribution in [2.45, 2.75) is 25.4 Å². The lowest BCUT2D eigenvalue weighted by Crippen LogP contribution is -2.41. The first-order valence-electron chi connectivity index (χ1n) is 5.91. The molecule has 0 heterocycles. The molecule has 0 aliphatic heterocycles. The van der Waals surface area contributed by atoms with E-state index in [1.807, 2.05) is 0 Å². The van der Waals surface area contributed by atoms with Crippen molar-refractivity contribution in [1.82, 2.24) is 4.90 Å². The maximum Gasteiger partial charge on any atom is 0.303 e. The lowest BCUT2D eigenvalue weighted by molar-refractivity contribution is -0.137. The molecule has 0 aliphatic rings. The zero-order chi connectivity index (χ0) is 14.4. The average Bonchev–Trinajstić information content (AvgIpc) is 2.37. The molecule has 1 amide bonds. The van der Waals surface area contributed by atoms with Crippen molar-refractivity contribution in [3.63, 3.8) is 0 Å². The number of hydrogen-bond acceptors (Lipinski definition) is 4. The Morgan fingerprint density at radius 2 is 2.00 bits per heavy atom. The Morgan fingerprint density at radius 1 is 1.37 bits per heavy atom. The first-order valence-corrected chi connectivity index (χ1v) is 5.91. The number of amides is 1. The highest BCUT2D eigenvalue weighted by molar-refractivity contribution is 5.82. The van der Waals surface area contributed by atoms with Crippen LogP contribution in [0.5, 0.6) is 5.75 Å². The van der Waals surface area contributed by atoms with Crippen molar-refractivity contribution in [2.75, 3.05) is 7.05 Å². The van der Waals surface area contributed by atoms with Crippen LogP contribution in [0.15, 0.2) is 24.3 Å². The summed E-state index contributed by atoms with van der Waals surface area (Å²) in [7, 11) is 1.56. The van der Waals surface area contributed by atoms with Crippen molar-refractivity contribution < 1.29 is 19.8 Å². The minimum Gasteiger partial charge on any atom is -0.508 e. The standard InChI is InChI=1S/C13H18N2O4/c1-15(8-9-4-2-3-5-11(9)16)13(19)10(14)6-7-12(17)18/h2-5,10,16H,6-8,14H2,1H3,(H,17,18). The smallest absolute Gasteiger partial charge is 0.303 e. The number of carbonyl (C=O) groups excluding carboxylic acids is 1. The second-order valence-electron chi connectivity index (χ2n) is 4.36. The van der Waals surface area contributed by atoms with E-state index in [4.69, 9.17) is 10.8 Å². The third-order valence-corrected chi connectivity index (χ3v) is 2.76. The second-order valence-corrected chi connectivity index (χ2v) is 4.36. The van der Waals surface area contributed by atoms with Crippen LogP contribution in [0.3, 0.4) is 0 Å². The van der Waals surface area contributed by atoms with Crippen molar-refractivity contribution >= 4 is 11.9 Å². The third kappa shape index (κ3) is 4.59. The number of rotatable bonds is 6. The van der Waals surface area contributed by atoms with Crippen LogP contribution < -0.4 is 5.73 Å². The van der Waals surface area contributed by atoms with Gasteiger partial charge in [-0.1, -0.05) is 18.2 Å². The van der Waals surface area contributed by atoms with Gasteiger partial charge in [0, 0.05) is 25.6 Å². The zero-order valence-corrected chi connectivity index (χ0v) is 10.7. The SMILES string of the molecule is CN(Cc1ccccc1O)C(=O)C(N)CCC(=O)O. The molecule has 0 aliphatic carbocycles. The fourth-order valence-corrected chi connectivity index (χ4v) is 1.66. The van der Waals surface area contributed by atoms with Crippen LogP contribution in [0.2, 0.25) is 0 Å². The molecule has 0 fully saturated rings. The van der Waals surface area contributed by atoms with Crippen LogP contribution in [0.25, 0.3) is 0 Å². The molecule has 19 heavy (non-hydrogen) atoms. The Morgan fingerprint density at radius 3 is 2.58 bits per heavy atom. The van der Waals surface area contributed by atoms with Crippen molar-refractivity contribution in [2.24, 2.45) is 5.73 Å². The molecule has 0 saturated heterocycles. The van der Waals surface area contributed by atoms with Gasteiger partial charge in [-0.2, -0.15) is 0 Å². The number of likely N-dealkylation sites (N-methyl/N-ethyl adjacent to an activating group) is 1. The van der Waals surface area contributed by atoms with Crippen LogP contribution in [-0.2, 0) is 16.1 Å². The Bertz CT molecular complexity index is 462. The van der Waals surface area contributed by atoms with E-state index in [2.05, 4.69) is 0 Å². The van der Waals surface area contributed by atoms with Gasteiger partial charge in [0.25, 0.3) is 0 Å². The summed E-state index contributed by atoms with van der Waals surface area (Å²) in [6.07, 6.45) is -0.0450. The minimum absolute atomic E-state index is 0.0965. The van der Waals surface area contributed by atoms with Gasteiger partial charge in [-0.3, -0.25) is 9.59 Å². The van der Waals surface area contributed by atoms with E-state index in [-0.39, 0.29) is 31.0 Å². The summed E-state index contributed by atoms with van der Waals surface area (Å²) in [4.78, 5) is 23.7. The van der Waals surface area contributed by atoms with Gasteiger partial charge in [0.15, 0.2) is 0 Å². The van der Waals surface area contributed by atoms with Crippen LogP contribution in [0, 0.1) is 0 Å². The quantitative estimate of drug-likeness (QED) is 0.697. The van der Waals surface area contributed by atoms with E-state index in [1.165, 1.54) is 11.0 Å². The van der Waals surface area contributed by atoms with Gasteiger partial charge >= 0.3 is 5.97 Å². The van der Waals surface area contributed by atoms with Gasteiger partial charge in [0.1, 0.15) is 5.75 Å².